The molecular formula is C36H47FN4Sn. The van der Waals surface area contributed by atoms with Crippen molar-refractivity contribution >= 4 is 46.8 Å². The number of allylic oxidation sites excluding steroid dienone is 12. The average Bonchev–Trinajstić information content (AvgIpc) is 3.73. The maximum absolute atomic E-state index is 5.54. The van der Waals surface area contributed by atoms with Crippen LogP contribution < -0.4 is 0 Å². The van der Waals surface area contributed by atoms with Crippen molar-refractivity contribution in [3.63, 3.8) is 0 Å². The van der Waals surface area contributed by atoms with Gasteiger partial charge in [-0.25, -0.2) is 20.0 Å². The van der Waals surface area contributed by atoms with Gasteiger partial charge in [0.05, 0.1) is 45.6 Å². The van der Waals surface area contributed by atoms with Crippen LogP contribution in [0.1, 0.15) is 107 Å². The van der Waals surface area contributed by atoms with Crippen LogP contribution in [0.15, 0.2) is 112 Å². The van der Waals surface area contributed by atoms with Crippen molar-refractivity contribution in [2.45, 2.75) is 107 Å². The van der Waals surface area contributed by atoms with Gasteiger partial charge >= 0.3 is 23.9 Å². The Morgan fingerprint density at radius 3 is 1.48 bits per heavy atom. The second kappa shape index (κ2) is 14.2. The molecule has 6 heteroatoms. The quantitative estimate of drug-likeness (QED) is 0.231. The molecule has 0 saturated carbocycles. The molecule has 5 heterocycles. The number of fused-ring (bicyclic) bond motifs is 4. The summed E-state index contributed by atoms with van der Waals surface area (Å²) in [6.45, 7) is 18.1. The van der Waals surface area contributed by atoms with Crippen LogP contribution >= 0.6 is 0 Å². The van der Waals surface area contributed by atoms with Crippen molar-refractivity contribution < 1.29 is 4.70 Å². The minimum atomic E-state index is 0. The molecule has 0 amide bonds. The molecule has 0 atom stereocenters. The summed E-state index contributed by atoms with van der Waals surface area (Å²) in [7, 11) is 0. The van der Waals surface area contributed by atoms with Crippen LogP contribution in [0.25, 0.3) is 0 Å². The van der Waals surface area contributed by atoms with E-state index in [1.807, 2.05) is 0 Å². The second-order valence-electron chi connectivity index (χ2n) is 10.7. The SMILES string of the molecule is CCC1=C(CC)C2=NC1=CC1=NC(=CC3=NC(=C(CC)C4=NC(=C2CC)C(CC)=C4CC)C(CC)=C3CC)C=C1.F.[SnH2]. The molecule has 8 bridgehead atoms. The Labute approximate surface area is 268 Å². The molecule has 4 nitrogen and oxygen atoms in total. The van der Waals surface area contributed by atoms with Crippen LogP contribution in [-0.4, -0.2) is 46.8 Å². The zero-order valence-electron chi connectivity index (χ0n) is 26.9. The van der Waals surface area contributed by atoms with E-state index in [-0.39, 0.29) is 28.6 Å². The maximum atomic E-state index is 5.54. The van der Waals surface area contributed by atoms with Crippen LogP contribution in [-0.2, 0) is 0 Å². The number of aliphatic imine (C=N–C) groups is 4. The van der Waals surface area contributed by atoms with Crippen LogP contribution in [0, 0.1) is 0 Å². The van der Waals surface area contributed by atoms with Crippen molar-refractivity contribution in [2.75, 3.05) is 0 Å². The molecule has 0 aromatic rings. The van der Waals surface area contributed by atoms with Gasteiger partial charge in [0.15, 0.2) is 0 Å². The number of rotatable bonds is 8. The zero-order valence-corrected chi connectivity index (χ0v) is 30.9. The summed E-state index contributed by atoms with van der Waals surface area (Å²) in [5.74, 6) is 0. The summed E-state index contributed by atoms with van der Waals surface area (Å²) in [5, 5.41) is 0. The van der Waals surface area contributed by atoms with Crippen LogP contribution in [0.4, 0.5) is 4.70 Å². The summed E-state index contributed by atoms with van der Waals surface area (Å²) in [4.78, 5) is 21.2. The third-order valence-corrected chi connectivity index (χ3v) is 8.77. The first kappa shape index (κ1) is 33.8. The van der Waals surface area contributed by atoms with Gasteiger partial charge in [0.25, 0.3) is 0 Å². The van der Waals surface area contributed by atoms with Gasteiger partial charge in [-0.1, -0.05) is 55.4 Å². The summed E-state index contributed by atoms with van der Waals surface area (Å²) in [6.07, 6.45) is 16.1. The minimum absolute atomic E-state index is 0. The first-order chi connectivity index (χ1) is 19.5. The normalized spacial score (nSPS) is 19.6. The van der Waals surface area contributed by atoms with Gasteiger partial charge in [0.1, 0.15) is 0 Å². The van der Waals surface area contributed by atoms with Gasteiger partial charge in [-0.05, 0) is 109 Å². The van der Waals surface area contributed by atoms with E-state index in [0.717, 1.165) is 97.0 Å². The molecule has 5 aliphatic heterocycles. The number of halogens is 1. The topological polar surface area (TPSA) is 49.4 Å². The summed E-state index contributed by atoms with van der Waals surface area (Å²) in [5.41, 5.74) is 19.3. The van der Waals surface area contributed by atoms with E-state index in [9.17, 15) is 0 Å². The molecule has 0 aromatic heterocycles. The van der Waals surface area contributed by atoms with Crippen molar-refractivity contribution in [2.24, 2.45) is 20.0 Å². The van der Waals surface area contributed by atoms with Crippen LogP contribution in [0.2, 0.25) is 0 Å². The first-order valence-corrected chi connectivity index (χ1v) is 15.6. The van der Waals surface area contributed by atoms with Crippen molar-refractivity contribution in [3.8, 4) is 0 Å². The molecule has 0 spiro atoms. The predicted molar refractivity (Wildman–Crippen MR) is 184 cm³/mol. The molecule has 5 rings (SSSR count). The molecule has 0 unspecified atom stereocenters. The molecule has 0 saturated heterocycles. The summed E-state index contributed by atoms with van der Waals surface area (Å²) < 4.78 is 0. The van der Waals surface area contributed by atoms with E-state index in [4.69, 9.17) is 20.0 Å². The third kappa shape index (κ3) is 5.54. The van der Waals surface area contributed by atoms with Gasteiger partial charge in [-0.15, -0.1) is 0 Å². The fourth-order valence-electron chi connectivity index (χ4n) is 6.92. The Hall–Kier alpha value is -2.67. The fourth-order valence-corrected chi connectivity index (χ4v) is 6.92. The van der Waals surface area contributed by atoms with E-state index < -0.39 is 0 Å². The molecule has 0 fully saturated rings. The Morgan fingerprint density at radius 2 is 0.929 bits per heavy atom. The number of hydrogen-bond donors (Lipinski definition) is 0. The van der Waals surface area contributed by atoms with Crippen molar-refractivity contribution in [1.29, 1.82) is 0 Å². The van der Waals surface area contributed by atoms with Crippen LogP contribution in [0.5, 0.6) is 0 Å². The van der Waals surface area contributed by atoms with Gasteiger partial charge in [-0.3, -0.25) is 4.70 Å². The third-order valence-electron chi connectivity index (χ3n) is 8.77. The molecular weight excluding hydrogens is 626 g/mol. The van der Waals surface area contributed by atoms with Gasteiger partial charge in [0.2, 0.25) is 0 Å². The average molecular weight is 674 g/mol. The van der Waals surface area contributed by atoms with Crippen molar-refractivity contribution in [3.05, 3.63) is 91.7 Å². The Morgan fingerprint density at radius 1 is 0.452 bits per heavy atom. The van der Waals surface area contributed by atoms with Crippen LogP contribution in [0.3, 0.4) is 0 Å². The first-order valence-electron chi connectivity index (χ1n) is 15.6. The van der Waals surface area contributed by atoms with E-state index in [0.29, 0.717) is 0 Å². The zero-order chi connectivity index (χ0) is 28.6. The summed E-state index contributed by atoms with van der Waals surface area (Å²) >= 11 is 0. The molecule has 0 N–H and O–H groups in total. The Kier molecular flexibility index (Phi) is 11.4. The Balaban J connectivity index is 0.00000242. The molecule has 5 aliphatic rings. The monoisotopic (exact) mass is 674 g/mol. The molecule has 0 aromatic carbocycles. The molecule has 42 heavy (non-hydrogen) atoms. The summed E-state index contributed by atoms with van der Waals surface area (Å²) in [6, 6.07) is 0. The Bertz CT molecular complexity index is 1540. The standard InChI is InChI=1S/C36H44N4.FH.Sn.2H/c1-9-23-25(11-3)33-29(15-7)35-27(13-5)28(14-6)36(40-35)30(16-8)34-26(12-4)24(10-2)32(39-34)20-22-18-17-21(37-22)19-31(23)38-33;;;;/h17-20H,9-16H2,1-8H3;1H;;;. The molecule has 0 aliphatic carbocycles. The van der Waals surface area contributed by atoms with E-state index in [2.05, 4.69) is 79.7 Å². The predicted octanol–water partition coefficient (Wildman–Crippen LogP) is 9.06. The number of nitrogens with zero attached hydrogens (tertiary/aromatic N) is 4. The van der Waals surface area contributed by atoms with Gasteiger partial charge in [-0.2, -0.15) is 0 Å². The molecule has 222 valence electrons. The van der Waals surface area contributed by atoms with Gasteiger partial charge < -0.3 is 0 Å². The van der Waals surface area contributed by atoms with E-state index >= 15 is 0 Å². The van der Waals surface area contributed by atoms with E-state index in [1.54, 1.807) is 0 Å². The van der Waals surface area contributed by atoms with Crippen molar-refractivity contribution in [1.82, 2.24) is 0 Å². The molecule has 2 radical (unpaired) electrons. The van der Waals surface area contributed by atoms with Gasteiger partial charge in [0, 0.05) is 11.1 Å². The van der Waals surface area contributed by atoms with E-state index in [1.165, 1.54) is 44.6 Å². The second-order valence-corrected chi connectivity index (χ2v) is 10.7. The number of hydrogen-bond acceptors (Lipinski definition) is 4. The fraction of sp³-hybridized carbons (Fsp3) is 0.444.